The van der Waals surface area contributed by atoms with Crippen LogP contribution in [0, 0.1) is 0 Å². The topological polar surface area (TPSA) is 110 Å². The summed E-state index contributed by atoms with van der Waals surface area (Å²) >= 11 is 0. The number of carbonyl (C=O) groups excluding carboxylic acids is 1. The summed E-state index contributed by atoms with van der Waals surface area (Å²) in [6.07, 6.45) is 2.20. The van der Waals surface area contributed by atoms with E-state index < -0.39 is 15.7 Å². The summed E-state index contributed by atoms with van der Waals surface area (Å²) in [5, 5.41) is 0. The van der Waals surface area contributed by atoms with Gasteiger partial charge in [-0.25, -0.2) is 23.4 Å². The van der Waals surface area contributed by atoms with E-state index in [2.05, 4.69) is 20.0 Å². The monoisotopic (exact) mass is 318 g/mol. The van der Waals surface area contributed by atoms with Crippen molar-refractivity contribution in [3.05, 3.63) is 23.8 Å². The van der Waals surface area contributed by atoms with Gasteiger partial charge in [-0.2, -0.15) is 4.99 Å². The van der Waals surface area contributed by atoms with Crippen molar-refractivity contribution in [2.24, 2.45) is 20.0 Å². The molecule has 0 aliphatic carbocycles. The van der Waals surface area contributed by atoms with Crippen molar-refractivity contribution in [3.63, 3.8) is 0 Å². The zero-order valence-electron chi connectivity index (χ0n) is 11.6. The Kier molecular flexibility index (Phi) is 3.21. The first kappa shape index (κ1) is 14.3. The number of amidine groups is 2. The summed E-state index contributed by atoms with van der Waals surface area (Å²) in [4.78, 5) is 27.3. The molecule has 0 bridgehead atoms. The average Bonchev–Trinajstić information content (AvgIpc) is 2.91. The predicted molar refractivity (Wildman–Crippen MR) is 81.0 cm³/mol. The Labute approximate surface area is 125 Å². The van der Waals surface area contributed by atoms with Crippen molar-refractivity contribution in [1.29, 1.82) is 0 Å². The average molecular weight is 318 g/mol. The maximum Gasteiger partial charge on any atom is 0.301 e. The second kappa shape index (κ2) is 4.95. The minimum Gasteiger partial charge on any atom is -0.496 e. The van der Waals surface area contributed by atoms with E-state index >= 15 is 0 Å². The summed E-state index contributed by atoms with van der Waals surface area (Å²) in [7, 11) is -1.95. The Hall–Kier alpha value is -2.68. The summed E-state index contributed by atoms with van der Waals surface area (Å²) in [5.41, 5.74) is 0.395. The molecule has 112 valence electrons. The number of fused-ring (bicyclic) bond motifs is 1. The Morgan fingerprint density at radius 3 is 2.55 bits per heavy atom. The Morgan fingerprint density at radius 2 is 1.91 bits per heavy atom. The van der Waals surface area contributed by atoms with E-state index in [4.69, 9.17) is 4.74 Å². The second-order valence-corrected chi connectivity index (χ2v) is 6.55. The van der Waals surface area contributed by atoms with Gasteiger partial charge in [0, 0.05) is 6.26 Å². The molecule has 22 heavy (non-hydrogen) atoms. The van der Waals surface area contributed by atoms with Gasteiger partial charge >= 0.3 is 5.91 Å². The highest BCUT2D eigenvalue weighted by Crippen LogP contribution is 2.25. The van der Waals surface area contributed by atoms with Crippen LogP contribution < -0.4 is 4.74 Å². The van der Waals surface area contributed by atoms with E-state index in [9.17, 15) is 13.2 Å². The van der Waals surface area contributed by atoms with Crippen LogP contribution in [0.5, 0.6) is 5.75 Å². The normalized spacial score (nSPS) is 16.8. The number of hydrogen-bond acceptors (Lipinski definition) is 7. The standard InChI is InChI=1S/C13H10N4O4S/c1-21-9-4-3-7(22(2,19)20)5-8(9)11-16-10-12(17-11)14-6-15-13(10)18/h3-6H,1-2H3. The summed E-state index contributed by atoms with van der Waals surface area (Å²) in [6, 6.07) is 4.34. The first-order chi connectivity index (χ1) is 10.4. The van der Waals surface area contributed by atoms with Gasteiger partial charge in [0.25, 0.3) is 0 Å². The first-order valence-electron chi connectivity index (χ1n) is 6.11. The summed E-state index contributed by atoms with van der Waals surface area (Å²) in [6.45, 7) is 0. The maximum atomic E-state index is 11.7. The van der Waals surface area contributed by atoms with E-state index in [1.54, 1.807) is 0 Å². The van der Waals surface area contributed by atoms with E-state index in [0.717, 1.165) is 12.6 Å². The van der Waals surface area contributed by atoms with Crippen LogP contribution in [0.3, 0.4) is 0 Å². The molecule has 8 nitrogen and oxygen atoms in total. The van der Waals surface area contributed by atoms with Gasteiger partial charge in [-0.3, -0.25) is 4.79 Å². The molecular formula is C13H10N4O4S. The molecule has 0 aromatic heterocycles. The Balaban J connectivity index is 2.15. The highest BCUT2D eigenvalue weighted by atomic mass is 32.2. The number of aliphatic imine (C=N–C) groups is 4. The smallest absolute Gasteiger partial charge is 0.301 e. The van der Waals surface area contributed by atoms with Crippen molar-refractivity contribution >= 4 is 39.5 Å². The molecule has 3 rings (SSSR count). The number of methoxy groups -OCH3 is 1. The van der Waals surface area contributed by atoms with Crippen LogP contribution in [0.2, 0.25) is 0 Å². The number of rotatable bonds is 3. The van der Waals surface area contributed by atoms with E-state index in [-0.39, 0.29) is 22.3 Å². The lowest BCUT2D eigenvalue weighted by molar-refractivity contribution is -0.111. The molecule has 1 aromatic rings. The SMILES string of the molecule is COc1ccc(S(C)(=O)=O)cc1C1=NC2=NC=NC(=O)C2=N1. The van der Waals surface area contributed by atoms with Crippen molar-refractivity contribution in [1.82, 2.24) is 0 Å². The Bertz CT molecular complexity index is 910. The van der Waals surface area contributed by atoms with Gasteiger partial charge in [0.2, 0.25) is 0 Å². The van der Waals surface area contributed by atoms with Crippen molar-refractivity contribution in [2.75, 3.05) is 13.4 Å². The molecule has 0 fully saturated rings. The fraction of sp³-hybridized carbons (Fsp3) is 0.154. The minimum absolute atomic E-state index is 0.0318. The predicted octanol–water partition coefficient (Wildman–Crippen LogP) is 0.267. The number of benzene rings is 1. The van der Waals surface area contributed by atoms with E-state index in [1.165, 1.54) is 25.3 Å². The van der Waals surface area contributed by atoms with Crippen LogP contribution >= 0.6 is 0 Å². The third-order valence-electron chi connectivity index (χ3n) is 3.04. The number of sulfone groups is 1. The van der Waals surface area contributed by atoms with Crippen LogP contribution in [-0.4, -0.2) is 51.4 Å². The number of amides is 1. The number of hydrogen-bond donors (Lipinski definition) is 0. The molecule has 0 unspecified atom stereocenters. The van der Waals surface area contributed by atoms with Crippen LogP contribution in [-0.2, 0) is 14.6 Å². The third kappa shape index (κ3) is 2.35. The molecule has 2 aliphatic heterocycles. The van der Waals surface area contributed by atoms with Crippen molar-refractivity contribution < 1.29 is 17.9 Å². The fourth-order valence-corrected chi connectivity index (χ4v) is 2.62. The minimum atomic E-state index is -3.40. The molecule has 2 aliphatic rings. The number of nitrogens with zero attached hydrogens (tertiary/aromatic N) is 4. The molecule has 2 heterocycles. The quantitative estimate of drug-likeness (QED) is 0.796. The molecule has 0 atom stereocenters. The van der Waals surface area contributed by atoms with Gasteiger partial charge in [-0.15, -0.1) is 0 Å². The first-order valence-corrected chi connectivity index (χ1v) is 8.00. The van der Waals surface area contributed by atoms with Crippen molar-refractivity contribution in [3.8, 4) is 5.75 Å². The van der Waals surface area contributed by atoms with Gasteiger partial charge in [-0.1, -0.05) is 0 Å². The maximum absolute atomic E-state index is 11.7. The molecule has 0 saturated heterocycles. The lowest BCUT2D eigenvalue weighted by atomic mass is 10.2. The number of carbonyl (C=O) groups is 1. The summed E-state index contributed by atoms with van der Waals surface area (Å²) < 4.78 is 28.6. The fourth-order valence-electron chi connectivity index (χ4n) is 1.98. The van der Waals surface area contributed by atoms with Crippen molar-refractivity contribution in [2.45, 2.75) is 4.90 Å². The zero-order chi connectivity index (χ0) is 15.9. The second-order valence-electron chi connectivity index (χ2n) is 4.53. The highest BCUT2D eigenvalue weighted by Gasteiger charge is 2.28. The molecule has 0 N–H and O–H groups in total. The number of ether oxygens (including phenoxy) is 1. The third-order valence-corrected chi connectivity index (χ3v) is 4.15. The van der Waals surface area contributed by atoms with Gasteiger partial charge in [0.05, 0.1) is 17.6 Å². The lowest BCUT2D eigenvalue weighted by Gasteiger charge is -2.08. The van der Waals surface area contributed by atoms with E-state index in [0.29, 0.717) is 11.3 Å². The van der Waals surface area contributed by atoms with Crippen LogP contribution in [0.1, 0.15) is 5.56 Å². The van der Waals surface area contributed by atoms with Gasteiger partial charge < -0.3 is 4.74 Å². The van der Waals surface area contributed by atoms with Gasteiger partial charge in [-0.05, 0) is 18.2 Å². The molecule has 0 radical (unpaired) electrons. The van der Waals surface area contributed by atoms with Crippen LogP contribution in [0.25, 0.3) is 0 Å². The zero-order valence-corrected chi connectivity index (χ0v) is 12.5. The van der Waals surface area contributed by atoms with Gasteiger partial charge in [0.15, 0.2) is 27.2 Å². The van der Waals surface area contributed by atoms with Gasteiger partial charge in [0.1, 0.15) is 12.1 Å². The summed E-state index contributed by atoms with van der Waals surface area (Å²) in [5.74, 6) is 0.168. The molecule has 0 spiro atoms. The highest BCUT2D eigenvalue weighted by molar-refractivity contribution is 7.90. The molecule has 9 heteroatoms. The molecule has 0 saturated carbocycles. The van der Waals surface area contributed by atoms with Crippen LogP contribution in [0.4, 0.5) is 0 Å². The molecular weight excluding hydrogens is 308 g/mol. The molecule has 1 aromatic carbocycles. The lowest BCUT2D eigenvalue weighted by Crippen LogP contribution is -2.21. The largest absolute Gasteiger partial charge is 0.496 e. The molecule has 1 amide bonds. The Morgan fingerprint density at radius 1 is 1.14 bits per heavy atom. The van der Waals surface area contributed by atoms with Crippen LogP contribution in [0.15, 0.2) is 43.1 Å². The van der Waals surface area contributed by atoms with E-state index in [1.807, 2.05) is 0 Å².